The summed E-state index contributed by atoms with van der Waals surface area (Å²) in [4.78, 5) is 15.7. The Morgan fingerprint density at radius 2 is 2.33 bits per heavy atom. The van der Waals surface area contributed by atoms with Crippen LogP contribution in [0.4, 0.5) is 5.82 Å². The summed E-state index contributed by atoms with van der Waals surface area (Å²) in [5.74, 6) is 0.670. The van der Waals surface area contributed by atoms with Gasteiger partial charge in [-0.2, -0.15) is 0 Å². The van der Waals surface area contributed by atoms with Crippen LogP contribution in [0.2, 0.25) is 5.02 Å². The van der Waals surface area contributed by atoms with Gasteiger partial charge in [0, 0.05) is 17.1 Å². The summed E-state index contributed by atoms with van der Waals surface area (Å²) in [5, 5.41) is 3.34. The van der Waals surface area contributed by atoms with E-state index in [9.17, 15) is 4.79 Å². The van der Waals surface area contributed by atoms with Crippen molar-refractivity contribution in [3.8, 4) is 0 Å². The van der Waals surface area contributed by atoms with Crippen LogP contribution in [0.25, 0.3) is 0 Å². The van der Waals surface area contributed by atoms with Crippen molar-refractivity contribution in [1.82, 2.24) is 4.98 Å². The second-order valence-corrected chi connectivity index (χ2v) is 5.03. The van der Waals surface area contributed by atoms with E-state index >= 15 is 0 Å². The minimum atomic E-state index is 0.0368. The maximum atomic E-state index is 11.7. The molecule has 0 saturated heterocycles. The number of nitrogens with one attached hydrogen (secondary N) is 1. The van der Waals surface area contributed by atoms with Crippen LogP contribution in [0.3, 0.4) is 0 Å². The molecule has 2 rings (SSSR count). The molecule has 0 aromatic carbocycles. The van der Waals surface area contributed by atoms with E-state index in [1.54, 1.807) is 18.3 Å². The monoisotopic (exact) mass is 224 g/mol. The van der Waals surface area contributed by atoms with E-state index in [1.165, 1.54) is 0 Å². The third-order valence-electron chi connectivity index (χ3n) is 2.80. The van der Waals surface area contributed by atoms with Gasteiger partial charge in [0.25, 0.3) is 0 Å². The topological polar surface area (TPSA) is 42.0 Å². The first kappa shape index (κ1) is 10.4. The number of pyridine rings is 1. The van der Waals surface area contributed by atoms with Crippen LogP contribution in [0, 0.1) is 11.3 Å². The molecule has 0 radical (unpaired) electrons. The number of rotatable bonds is 2. The molecule has 1 saturated carbocycles. The summed E-state index contributed by atoms with van der Waals surface area (Å²) in [5.41, 5.74) is 0.142. The van der Waals surface area contributed by atoms with E-state index in [-0.39, 0.29) is 17.2 Å². The van der Waals surface area contributed by atoms with Crippen molar-refractivity contribution in [2.75, 3.05) is 5.32 Å². The normalized spacial score (nSPS) is 22.2. The summed E-state index contributed by atoms with van der Waals surface area (Å²) >= 11 is 5.79. The van der Waals surface area contributed by atoms with Gasteiger partial charge in [-0.1, -0.05) is 25.4 Å². The molecule has 1 N–H and O–H groups in total. The molecular weight excluding hydrogens is 212 g/mol. The number of anilines is 1. The third-order valence-corrected chi connectivity index (χ3v) is 3.04. The summed E-state index contributed by atoms with van der Waals surface area (Å²) in [6.45, 7) is 4.17. The number of nitrogens with zero attached hydrogens (tertiary/aromatic N) is 1. The molecule has 1 fully saturated rings. The van der Waals surface area contributed by atoms with Crippen molar-refractivity contribution >= 4 is 23.3 Å². The number of halogens is 1. The minimum Gasteiger partial charge on any atom is -0.310 e. The Morgan fingerprint density at radius 3 is 2.87 bits per heavy atom. The number of hydrogen-bond donors (Lipinski definition) is 1. The molecule has 1 amide bonds. The Labute approximate surface area is 93.8 Å². The number of hydrogen-bond acceptors (Lipinski definition) is 2. The second kappa shape index (κ2) is 3.49. The van der Waals surface area contributed by atoms with Gasteiger partial charge in [0.2, 0.25) is 5.91 Å². The molecule has 1 aliphatic carbocycles. The minimum absolute atomic E-state index is 0.0368. The number of amides is 1. The second-order valence-electron chi connectivity index (χ2n) is 4.59. The maximum absolute atomic E-state index is 11.7. The van der Waals surface area contributed by atoms with Crippen molar-refractivity contribution in [3.05, 3.63) is 23.4 Å². The largest absolute Gasteiger partial charge is 0.310 e. The molecule has 3 nitrogen and oxygen atoms in total. The SMILES string of the molecule is CC1(C)CC1C(=O)Nc1cc(Cl)ccn1. The van der Waals surface area contributed by atoms with Gasteiger partial charge in [0.05, 0.1) is 0 Å². The number of carbonyl (C=O) groups excluding carboxylic acids is 1. The first-order valence-corrected chi connectivity index (χ1v) is 5.29. The van der Waals surface area contributed by atoms with Gasteiger partial charge in [-0.3, -0.25) is 4.79 Å². The highest BCUT2D eigenvalue weighted by molar-refractivity contribution is 6.30. The van der Waals surface area contributed by atoms with Crippen molar-refractivity contribution in [1.29, 1.82) is 0 Å². The summed E-state index contributed by atoms with van der Waals surface area (Å²) in [6.07, 6.45) is 2.52. The zero-order valence-electron chi connectivity index (χ0n) is 8.75. The van der Waals surface area contributed by atoms with E-state index < -0.39 is 0 Å². The Hall–Kier alpha value is -1.09. The molecule has 1 atom stereocenters. The highest BCUT2D eigenvalue weighted by Crippen LogP contribution is 2.51. The smallest absolute Gasteiger partial charge is 0.229 e. The molecule has 80 valence electrons. The molecular formula is C11H13ClN2O. The van der Waals surface area contributed by atoms with Crippen molar-refractivity contribution in [2.24, 2.45) is 11.3 Å². The first-order valence-electron chi connectivity index (χ1n) is 4.91. The highest BCUT2D eigenvalue weighted by Gasteiger charge is 2.50. The predicted molar refractivity (Wildman–Crippen MR) is 59.8 cm³/mol. The van der Waals surface area contributed by atoms with Gasteiger partial charge in [-0.25, -0.2) is 4.98 Å². The van der Waals surface area contributed by atoms with Gasteiger partial charge in [-0.05, 0) is 24.0 Å². The van der Waals surface area contributed by atoms with Crippen LogP contribution in [-0.4, -0.2) is 10.9 Å². The molecule has 0 spiro atoms. The predicted octanol–water partition coefficient (Wildman–Crippen LogP) is 2.72. The van der Waals surface area contributed by atoms with Crippen molar-refractivity contribution < 1.29 is 4.79 Å². The zero-order valence-corrected chi connectivity index (χ0v) is 9.51. The third kappa shape index (κ3) is 2.29. The van der Waals surface area contributed by atoms with Crippen LogP contribution in [-0.2, 0) is 4.79 Å². The molecule has 0 aliphatic heterocycles. The Balaban J connectivity index is 2.01. The fourth-order valence-electron chi connectivity index (χ4n) is 1.60. The standard InChI is InChI=1S/C11H13ClN2O/c1-11(2)6-8(11)10(15)14-9-5-7(12)3-4-13-9/h3-5,8H,6H2,1-2H3,(H,13,14,15). The van der Waals surface area contributed by atoms with Gasteiger partial charge >= 0.3 is 0 Å². The van der Waals surface area contributed by atoms with Crippen LogP contribution >= 0.6 is 11.6 Å². The van der Waals surface area contributed by atoms with Crippen LogP contribution in [0.1, 0.15) is 20.3 Å². The quantitative estimate of drug-likeness (QED) is 0.839. The molecule has 1 unspecified atom stereocenters. The lowest BCUT2D eigenvalue weighted by atomic mass is 10.1. The van der Waals surface area contributed by atoms with E-state index in [4.69, 9.17) is 11.6 Å². The van der Waals surface area contributed by atoms with Crippen LogP contribution < -0.4 is 5.32 Å². The lowest BCUT2D eigenvalue weighted by molar-refractivity contribution is -0.118. The number of aromatic nitrogens is 1. The molecule has 1 aliphatic rings. The summed E-state index contributed by atoms with van der Waals surface area (Å²) in [7, 11) is 0. The summed E-state index contributed by atoms with van der Waals surface area (Å²) in [6, 6.07) is 3.33. The summed E-state index contributed by atoms with van der Waals surface area (Å²) < 4.78 is 0. The molecule has 1 heterocycles. The van der Waals surface area contributed by atoms with Crippen LogP contribution in [0.5, 0.6) is 0 Å². The van der Waals surface area contributed by atoms with Gasteiger partial charge < -0.3 is 5.32 Å². The fraction of sp³-hybridized carbons (Fsp3) is 0.455. The molecule has 15 heavy (non-hydrogen) atoms. The van der Waals surface area contributed by atoms with Gasteiger partial charge in [-0.15, -0.1) is 0 Å². The van der Waals surface area contributed by atoms with Gasteiger partial charge in [0.15, 0.2) is 0 Å². The Bertz CT molecular complexity index is 403. The van der Waals surface area contributed by atoms with E-state index in [0.29, 0.717) is 10.8 Å². The molecule has 4 heteroatoms. The Kier molecular flexibility index (Phi) is 2.43. The average Bonchev–Trinajstić information content (AvgIpc) is 2.75. The fourth-order valence-corrected chi connectivity index (χ4v) is 1.76. The van der Waals surface area contributed by atoms with E-state index in [2.05, 4.69) is 24.1 Å². The van der Waals surface area contributed by atoms with Gasteiger partial charge in [0.1, 0.15) is 5.82 Å². The zero-order chi connectivity index (χ0) is 11.1. The van der Waals surface area contributed by atoms with E-state index in [0.717, 1.165) is 6.42 Å². The van der Waals surface area contributed by atoms with E-state index in [1.807, 2.05) is 0 Å². The lowest BCUT2D eigenvalue weighted by Gasteiger charge is -2.05. The first-order chi connectivity index (χ1) is 6.99. The molecule has 0 bridgehead atoms. The number of carbonyl (C=O) groups is 1. The van der Waals surface area contributed by atoms with Crippen molar-refractivity contribution in [3.63, 3.8) is 0 Å². The van der Waals surface area contributed by atoms with Crippen molar-refractivity contribution in [2.45, 2.75) is 20.3 Å². The molecule has 1 aromatic heterocycles. The lowest BCUT2D eigenvalue weighted by Crippen LogP contribution is -2.17. The Morgan fingerprint density at radius 1 is 1.67 bits per heavy atom. The maximum Gasteiger partial charge on any atom is 0.229 e. The molecule has 1 aromatic rings. The highest BCUT2D eigenvalue weighted by atomic mass is 35.5. The average molecular weight is 225 g/mol. The van der Waals surface area contributed by atoms with Crippen LogP contribution in [0.15, 0.2) is 18.3 Å².